The molecule has 0 bridgehead atoms. The van der Waals surface area contributed by atoms with Gasteiger partial charge in [0.2, 0.25) is 10.0 Å². The molecule has 0 radical (unpaired) electrons. The lowest BCUT2D eigenvalue weighted by molar-refractivity contribution is 0.0984. The van der Waals surface area contributed by atoms with Crippen molar-refractivity contribution in [3.63, 3.8) is 0 Å². The normalized spacial score (nSPS) is 17.6. The van der Waals surface area contributed by atoms with E-state index in [1.807, 2.05) is 0 Å². The molecular formula is C11H14BrNO4S. The van der Waals surface area contributed by atoms with Crippen molar-refractivity contribution in [1.82, 2.24) is 0 Å². The van der Waals surface area contributed by atoms with Gasteiger partial charge in [0.25, 0.3) is 0 Å². The number of hydrogen-bond donors (Lipinski definition) is 2. The van der Waals surface area contributed by atoms with Gasteiger partial charge in [-0.1, -0.05) is 15.9 Å². The van der Waals surface area contributed by atoms with Crippen LogP contribution in [0.2, 0.25) is 0 Å². The maximum atomic E-state index is 12.1. The second kappa shape index (κ2) is 5.46. The smallest absolute Gasteiger partial charge is 0.235 e. The molecule has 1 aliphatic heterocycles. The van der Waals surface area contributed by atoms with Gasteiger partial charge in [0, 0.05) is 17.7 Å². The molecule has 1 saturated heterocycles. The minimum atomic E-state index is -3.49. The number of hydrogen-bond acceptors (Lipinski definition) is 4. The van der Waals surface area contributed by atoms with E-state index in [0.29, 0.717) is 30.5 Å². The Morgan fingerprint density at radius 3 is 2.67 bits per heavy atom. The summed E-state index contributed by atoms with van der Waals surface area (Å²) in [5.74, 6) is -0.0890. The average molecular weight is 336 g/mol. The van der Waals surface area contributed by atoms with Crippen LogP contribution >= 0.6 is 15.9 Å². The van der Waals surface area contributed by atoms with Crippen LogP contribution in [0.1, 0.15) is 12.8 Å². The molecule has 0 atom stereocenters. The number of aromatic hydroxyl groups is 1. The minimum absolute atomic E-state index is 0.0890. The molecule has 5 nitrogen and oxygen atoms in total. The minimum Gasteiger partial charge on any atom is -0.506 e. The fourth-order valence-electron chi connectivity index (χ4n) is 1.81. The molecule has 2 rings (SSSR count). The van der Waals surface area contributed by atoms with Crippen molar-refractivity contribution in [3.05, 3.63) is 22.7 Å². The number of benzene rings is 1. The van der Waals surface area contributed by atoms with Crippen molar-refractivity contribution in [2.45, 2.75) is 18.1 Å². The molecule has 0 aromatic heterocycles. The van der Waals surface area contributed by atoms with Gasteiger partial charge in [-0.05, 0) is 31.0 Å². The summed E-state index contributed by atoms with van der Waals surface area (Å²) in [5, 5.41) is 9.16. The predicted octanol–water partition coefficient (Wildman–Crippen LogP) is 2.08. The Balaban J connectivity index is 2.18. The van der Waals surface area contributed by atoms with E-state index in [4.69, 9.17) is 4.74 Å². The maximum absolute atomic E-state index is 12.1. The Bertz CT molecular complexity index is 526. The van der Waals surface area contributed by atoms with Gasteiger partial charge >= 0.3 is 0 Å². The van der Waals surface area contributed by atoms with E-state index < -0.39 is 15.3 Å². The first-order valence-corrected chi connectivity index (χ1v) is 7.91. The van der Waals surface area contributed by atoms with Gasteiger partial charge in [-0.25, -0.2) is 8.42 Å². The van der Waals surface area contributed by atoms with Crippen LogP contribution in [0.3, 0.4) is 0 Å². The van der Waals surface area contributed by atoms with Gasteiger partial charge in [-0.3, -0.25) is 4.72 Å². The summed E-state index contributed by atoms with van der Waals surface area (Å²) >= 11 is 3.23. The standard InChI is InChI=1S/C11H14BrNO4S/c12-8-1-2-11(14)10(7-8)13-18(15,16)9-3-5-17-6-4-9/h1-2,7,9,13-14H,3-6H2. The SMILES string of the molecule is O=S(=O)(Nc1cc(Br)ccc1O)C1CCOCC1. The molecule has 0 unspecified atom stereocenters. The van der Waals surface area contributed by atoms with E-state index in [1.165, 1.54) is 12.1 Å². The lowest BCUT2D eigenvalue weighted by atomic mass is 10.2. The number of halogens is 1. The highest BCUT2D eigenvalue weighted by molar-refractivity contribution is 9.10. The summed E-state index contributed by atoms with van der Waals surface area (Å²) in [6, 6.07) is 4.61. The summed E-state index contributed by atoms with van der Waals surface area (Å²) in [6.45, 7) is 0.909. The monoisotopic (exact) mass is 335 g/mol. The van der Waals surface area contributed by atoms with Crippen LogP contribution in [0.15, 0.2) is 22.7 Å². The predicted molar refractivity (Wildman–Crippen MR) is 72.2 cm³/mol. The summed E-state index contributed by atoms with van der Waals surface area (Å²) in [4.78, 5) is 0. The van der Waals surface area contributed by atoms with E-state index in [9.17, 15) is 13.5 Å². The van der Waals surface area contributed by atoms with E-state index in [2.05, 4.69) is 20.7 Å². The summed E-state index contributed by atoms with van der Waals surface area (Å²) < 4.78 is 32.5. The van der Waals surface area contributed by atoms with Gasteiger partial charge in [-0.2, -0.15) is 0 Å². The van der Waals surface area contributed by atoms with E-state index in [1.54, 1.807) is 6.07 Å². The van der Waals surface area contributed by atoms with Crippen LogP contribution in [-0.4, -0.2) is 32.0 Å². The van der Waals surface area contributed by atoms with Gasteiger partial charge in [0.05, 0.1) is 10.9 Å². The van der Waals surface area contributed by atoms with Gasteiger partial charge in [0.15, 0.2) is 0 Å². The van der Waals surface area contributed by atoms with Crippen LogP contribution in [0.5, 0.6) is 5.75 Å². The quantitative estimate of drug-likeness (QED) is 0.829. The molecule has 100 valence electrons. The lowest BCUT2D eigenvalue weighted by Gasteiger charge is -2.23. The molecule has 1 aliphatic rings. The van der Waals surface area contributed by atoms with Crippen molar-refractivity contribution >= 4 is 31.6 Å². The third-order valence-electron chi connectivity index (χ3n) is 2.82. The van der Waals surface area contributed by atoms with Crippen LogP contribution in [0, 0.1) is 0 Å². The molecule has 1 aromatic rings. The highest BCUT2D eigenvalue weighted by atomic mass is 79.9. The van der Waals surface area contributed by atoms with Gasteiger partial charge < -0.3 is 9.84 Å². The first-order valence-electron chi connectivity index (χ1n) is 5.57. The topological polar surface area (TPSA) is 75.6 Å². The molecule has 0 aliphatic carbocycles. The molecule has 0 spiro atoms. The summed E-state index contributed by atoms with van der Waals surface area (Å²) in [7, 11) is -3.49. The highest BCUT2D eigenvalue weighted by Crippen LogP contribution is 2.29. The number of ether oxygens (including phenoxy) is 1. The van der Waals surface area contributed by atoms with Crippen LogP contribution in [0.25, 0.3) is 0 Å². The molecule has 7 heteroatoms. The Hall–Kier alpha value is -0.790. The Morgan fingerprint density at radius 2 is 2.00 bits per heavy atom. The van der Waals surface area contributed by atoms with E-state index in [0.717, 1.165) is 0 Å². The second-order valence-electron chi connectivity index (χ2n) is 4.12. The maximum Gasteiger partial charge on any atom is 0.235 e. The molecule has 0 amide bonds. The van der Waals surface area contributed by atoms with Crippen molar-refractivity contribution in [2.24, 2.45) is 0 Å². The van der Waals surface area contributed by atoms with Crippen molar-refractivity contribution in [3.8, 4) is 5.75 Å². The Kier molecular flexibility index (Phi) is 4.14. The number of phenols is 1. The molecule has 2 N–H and O–H groups in total. The third-order valence-corrected chi connectivity index (χ3v) is 5.16. The van der Waals surface area contributed by atoms with Crippen LogP contribution in [0.4, 0.5) is 5.69 Å². The van der Waals surface area contributed by atoms with Crippen molar-refractivity contribution in [1.29, 1.82) is 0 Å². The molecule has 1 heterocycles. The van der Waals surface area contributed by atoms with Crippen molar-refractivity contribution < 1.29 is 18.3 Å². The molecule has 0 saturated carbocycles. The average Bonchev–Trinajstić information content (AvgIpc) is 2.35. The largest absolute Gasteiger partial charge is 0.506 e. The fraction of sp³-hybridized carbons (Fsp3) is 0.455. The zero-order valence-corrected chi connectivity index (χ0v) is 12.0. The first-order chi connectivity index (χ1) is 8.49. The summed E-state index contributed by atoms with van der Waals surface area (Å²) in [5.41, 5.74) is 0.191. The third kappa shape index (κ3) is 3.15. The number of nitrogens with one attached hydrogen (secondary N) is 1. The lowest BCUT2D eigenvalue weighted by Crippen LogP contribution is -2.33. The number of anilines is 1. The zero-order valence-electron chi connectivity index (χ0n) is 9.60. The van der Waals surface area contributed by atoms with Crippen molar-refractivity contribution in [2.75, 3.05) is 17.9 Å². The molecule has 1 fully saturated rings. The number of rotatable bonds is 3. The number of phenolic OH excluding ortho intramolecular Hbond substituents is 1. The van der Waals surface area contributed by atoms with Gasteiger partial charge in [-0.15, -0.1) is 0 Å². The second-order valence-corrected chi connectivity index (χ2v) is 7.00. The van der Waals surface area contributed by atoms with Crippen LogP contribution in [-0.2, 0) is 14.8 Å². The zero-order chi connectivity index (χ0) is 13.2. The molecular weight excluding hydrogens is 322 g/mol. The van der Waals surface area contributed by atoms with Crippen LogP contribution < -0.4 is 4.72 Å². The van der Waals surface area contributed by atoms with E-state index >= 15 is 0 Å². The first kappa shape index (κ1) is 13.6. The van der Waals surface area contributed by atoms with Gasteiger partial charge in [0.1, 0.15) is 5.75 Å². The highest BCUT2D eigenvalue weighted by Gasteiger charge is 2.28. The van der Waals surface area contributed by atoms with E-state index in [-0.39, 0.29) is 11.4 Å². The Morgan fingerprint density at radius 1 is 1.33 bits per heavy atom. The fourth-order valence-corrected chi connectivity index (χ4v) is 3.62. The Labute approximate surface area is 114 Å². The number of sulfonamides is 1. The molecule has 18 heavy (non-hydrogen) atoms. The molecule has 1 aromatic carbocycles. The summed E-state index contributed by atoms with van der Waals surface area (Å²) in [6.07, 6.45) is 0.953.